The van der Waals surface area contributed by atoms with E-state index in [0.29, 0.717) is 17.7 Å². The summed E-state index contributed by atoms with van der Waals surface area (Å²) >= 11 is 0. The van der Waals surface area contributed by atoms with Gasteiger partial charge >= 0.3 is 0 Å². The van der Waals surface area contributed by atoms with E-state index in [4.69, 9.17) is 0 Å². The van der Waals surface area contributed by atoms with Crippen molar-refractivity contribution in [3.63, 3.8) is 0 Å². The SMILES string of the molecule is Cc1c(C(=O)N2CCC[C@H](CCC(C)C)C2)nnn1C1CCNCC1. The molecule has 2 aliphatic heterocycles. The number of hydrogen-bond acceptors (Lipinski definition) is 4. The maximum atomic E-state index is 13.0. The van der Waals surface area contributed by atoms with Crippen LogP contribution in [0.4, 0.5) is 0 Å². The van der Waals surface area contributed by atoms with Gasteiger partial charge in [0, 0.05) is 13.1 Å². The Morgan fingerprint density at radius 1 is 1.28 bits per heavy atom. The van der Waals surface area contributed by atoms with Crippen LogP contribution < -0.4 is 5.32 Å². The molecule has 25 heavy (non-hydrogen) atoms. The Hall–Kier alpha value is -1.43. The average Bonchev–Trinajstić information content (AvgIpc) is 3.02. The molecule has 1 N–H and O–H groups in total. The van der Waals surface area contributed by atoms with E-state index in [2.05, 4.69) is 29.5 Å². The number of aromatic nitrogens is 3. The second-order valence-electron chi connectivity index (χ2n) is 8.18. The molecule has 140 valence electrons. The van der Waals surface area contributed by atoms with Gasteiger partial charge < -0.3 is 10.2 Å². The summed E-state index contributed by atoms with van der Waals surface area (Å²) in [6.45, 7) is 10.3. The number of nitrogens with one attached hydrogen (secondary N) is 1. The molecule has 2 fully saturated rings. The van der Waals surface area contributed by atoms with E-state index in [1.165, 1.54) is 19.3 Å². The van der Waals surface area contributed by atoms with Gasteiger partial charge in [0.05, 0.1) is 11.7 Å². The molecule has 1 aromatic rings. The zero-order chi connectivity index (χ0) is 17.8. The van der Waals surface area contributed by atoms with E-state index in [1.807, 2.05) is 16.5 Å². The molecule has 1 atom stereocenters. The maximum absolute atomic E-state index is 13.0. The van der Waals surface area contributed by atoms with Crippen molar-refractivity contribution in [2.75, 3.05) is 26.2 Å². The summed E-state index contributed by atoms with van der Waals surface area (Å²) in [4.78, 5) is 15.0. The first-order valence-electron chi connectivity index (χ1n) is 9.98. The minimum absolute atomic E-state index is 0.0759. The molecule has 0 aliphatic carbocycles. The van der Waals surface area contributed by atoms with Crippen molar-refractivity contribution >= 4 is 5.91 Å². The highest BCUT2D eigenvalue weighted by atomic mass is 16.2. The standard InChI is InChI=1S/C19H33N5O/c1-14(2)6-7-16-5-4-12-23(13-16)19(25)18-15(3)24(22-21-18)17-8-10-20-11-9-17/h14,16-17,20H,4-13H2,1-3H3/t16-/m1/s1. The summed E-state index contributed by atoms with van der Waals surface area (Å²) in [6.07, 6.45) is 6.94. The highest BCUT2D eigenvalue weighted by Crippen LogP contribution is 2.25. The fourth-order valence-corrected chi connectivity index (χ4v) is 4.14. The number of amides is 1. The van der Waals surface area contributed by atoms with Gasteiger partial charge in [-0.1, -0.05) is 25.5 Å². The highest BCUT2D eigenvalue weighted by molar-refractivity contribution is 5.93. The molecule has 3 rings (SSSR count). The molecule has 2 aliphatic rings. The van der Waals surface area contributed by atoms with Crippen LogP contribution in [0.3, 0.4) is 0 Å². The largest absolute Gasteiger partial charge is 0.337 e. The molecule has 0 bridgehead atoms. The Kier molecular flexibility index (Phi) is 6.10. The second kappa shape index (κ2) is 8.30. The molecule has 6 heteroatoms. The van der Waals surface area contributed by atoms with E-state index in [1.54, 1.807) is 0 Å². The van der Waals surface area contributed by atoms with E-state index in [9.17, 15) is 4.79 Å². The molecule has 0 unspecified atom stereocenters. The minimum Gasteiger partial charge on any atom is -0.337 e. The smallest absolute Gasteiger partial charge is 0.276 e. The number of carbonyl (C=O) groups is 1. The highest BCUT2D eigenvalue weighted by Gasteiger charge is 2.29. The molecule has 1 aromatic heterocycles. The zero-order valence-corrected chi connectivity index (χ0v) is 16.0. The van der Waals surface area contributed by atoms with Gasteiger partial charge in [0.1, 0.15) is 0 Å². The number of likely N-dealkylation sites (tertiary alicyclic amines) is 1. The van der Waals surface area contributed by atoms with E-state index >= 15 is 0 Å². The summed E-state index contributed by atoms with van der Waals surface area (Å²) in [6, 6.07) is 0.371. The Morgan fingerprint density at radius 2 is 2.04 bits per heavy atom. The third-order valence-corrected chi connectivity index (χ3v) is 5.74. The van der Waals surface area contributed by atoms with Gasteiger partial charge in [-0.2, -0.15) is 0 Å². The van der Waals surface area contributed by atoms with Crippen molar-refractivity contribution < 1.29 is 4.79 Å². The topological polar surface area (TPSA) is 63.1 Å². The van der Waals surface area contributed by atoms with Crippen molar-refractivity contribution in [1.82, 2.24) is 25.2 Å². The van der Waals surface area contributed by atoms with Gasteiger partial charge in [-0.3, -0.25) is 4.79 Å². The molecule has 0 spiro atoms. The van der Waals surface area contributed by atoms with E-state index in [0.717, 1.165) is 57.1 Å². The lowest BCUT2D eigenvalue weighted by Gasteiger charge is -2.32. The first-order valence-corrected chi connectivity index (χ1v) is 9.98. The monoisotopic (exact) mass is 347 g/mol. The van der Waals surface area contributed by atoms with Crippen LogP contribution in [0.1, 0.15) is 74.6 Å². The number of carbonyl (C=O) groups excluding carboxylic acids is 1. The van der Waals surface area contributed by atoms with Crippen LogP contribution in [0.5, 0.6) is 0 Å². The number of nitrogens with zero attached hydrogens (tertiary/aromatic N) is 4. The molecule has 1 amide bonds. The summed E-state index contributed by atoms with van der Waals surface area (Å²) in [5.74, 6) is 1.45. The van der Waals surface area contributed by atoms with Gasteiger partial charge in [0.2, 0.25) is 0 Å². The minimum atomic E-state index is 0.0759. The van der Waals surface area contributed by atoms with Gasteiger partial charge in [-0.15, -0.1) is 5.10 Å². The van der Waals surface area contributed by atoms with E-state index < -0.39 is 0 Å². The van der Waals surface area contributed by atoms with Crippen molar-refractivity contribution in [1.29, 1.82) is 0 Å². The van der Waals surface area contributed by atoms with Crippen molar-refractivity contribution in [2.45, 2.75) is 65.3 Å². The molecule has 0 aromatic carbocycles. The molecule has 0 saturated carbocycles. The fraction of sp³-hybridized carbons (Fsp3) is 0.842. The van der Waals surface area contributed by atoms with E-state index in [-0.39, 0.29) is 5.91 Å². The zero-order valence-electron chi connectivity index (χ0n) is 16.0. The third kappa shape index (κ3) is 4.40. The second-order valence-corrected chi connectivity index (χ2v) is 8.18. The Labute approximate surface area is 151 Å². The molecule has 3 heterocycles. The summed E-state index contributed by atoms with van der Waals surface area (Å²) in [5.41, 5.74) is 1.49. The van der Waals surface area contributed by atoms with Crippen LogP contribution in [0.15, 0.2) is 0 Å². The Balaban J connectivity index is 1.65. The lowest BCUT2D eigenvalue weighted by Crippen LogP contribution is -2.40. The van der Waals surface area contributed by atoms with Crippen LogP contribution in [-0.2, 0) is 0 Å². The predicted octanol–water partition coefficient (Wildman–Crippen LogP) is 2.80. The van der Waals surface area contributed by atoms with Crippen LogP contribution in [-0.4, -0.2) is 52.0 Å². The Morgan fingerprint density at radius 3 is 2.76 bits per heavy atom. The summed E-state index contributed by atoms with van der Waals surface area (Å²) in [5, 5.41) is 12.0. The first kappa shape index (κ1) is 18.4. The molecular weight excluding hydrogens is 314 g/mol. The van der Waals surface area contributed by atoms with Crippen LogP contribution in [0, 0.1) is 18.8 Å². The van der Waals surface area contributed by atoms with Crippen LogP contribution in [0.25, 0.3) is 0 Å². The average molecular weight is 348 g/mol. The summed E-state index contributed by atoms with van der Waals surface area (Å²) in [7, 11) is 0. The quantitative estimate of drug-likeness (QED) is 0.890. The van der Waals surface area contributed by atoms with Gasteiger partial charge in [0.25, 0.3) is 5.91 Å². The lowest BCUT2D eigenvalue weighted by molar-refractivity contribution is 0.0658. The third-order valence-electron chi connectivity index (χ3n) is 5.74. The van der Waals surface area contributed by atoms with Crippen molar-refractivity contribution in [3.05, 3.63) is 11.4 Å². The number of rotatable bonds is 5. The first-order chi connectivity index (χ1) is 12.1. The van der Waals surface area contributed by atoms with Crippen molar-refractivity contribution in [2.24, 2.45) is 11.8 Å². The maximum Gasteiger partial charge on any atom is 0.276 e. The number of hydrogen-bond donors (Lipinski definition) is 1. The lowest BCUT2D eigenvalue weighted by atomic mass is 9.90. The van der Waals surface area contributed by atoms with Gasteiger partial charge in [-0.05, 0) is 64.0 Å². The number of piperidine rings is 2. The van der Waals surface area contributed by atoms with Crippen molar-refractivity contribution in [3.8, 4) is 0 Å². The summed E-state index contributed by atoms with van der Waals surface area (Å²) < 4.78 is 1.98. The molecular formula is C19H33N5O. The molecule has 6 nitrogen and oxygen atoms in total. The molecule has 0 radical (unpaired) electrons. The van der Waals surface area contributed by atoms with Crippen LogP contribution >= 0.6 is 0 Å². The predicted molar refractivity (Wildman–Crippen MR) is 98.6 cm³/mol. The molecule has 2 saturated heterocycles. The normalized spacial score (nSPS) is 22.6. The van der Waals surface area contributed by atoms with Gasteiger partial charge in [0.15, 0.2) is 5.69 Å². The fourth-order valence-electron chi connectivity index (χ4n) is 4.14. The van der Waals surface area contributed by atoms with Gasteiger partial charge in [-0.25, -0.2) is 4.68 Å². The van der Waals surface area contributed by atoms with Crippen LogP contribution in [0.2, 0.25) is 0 Å². The Bertz CT molecular complexity index is 576.